The molecule has 0 spiro atoms. The van der Waals surface area contributed by atoms with Gasteiger partial charge in [-0.15, -0.1) is 10.2 Å². The van der Waals surface area contributed by atoms with E-state index in [9.17, 15) is 0 Å². The standard InChI is InChI=1S/C15H17N7/c1-5-13(22-11-18-20-14(22)6-1)19-12-4-2-9-21(10-12)15-16-7-3-8-17-15/h1,3,5-8,11-12,19H,2,4,9-10H2. The van der Waals surface area contributed by atoms with E-state index in [-0.39, 0.29) is 0 Å². The minimum absolute atomic E-state index is 0.352. The van der Waals surface area contributed by atoms with Crippen LogP contribution in [0.4, 0.5) is 11.8 Å². The van der Waals surface area contributed by atoms with Gasteiger partial charge in [-0.05, 0) is 31.0 Å². The van der Waals surface area contributed by atoms with E-state index in [0.717, 1.165) is 43.3 Å². The lowest BCUT2D eigenvalue weighted by Crippen LogP contribution is -2.43. The summed E-state index contributed by atoms with van der Waals surface area (Å²) in [5.41, 5.74) is 0.851. The molecule has 1 N–H and O–H groups in total. The first kappa shape index (κ1) is 13.0. The molecule has 1 saturated heterocycles. The molecule has 1 fully saturated rings. The molecule has 22 heavy (non-hydrogen) atoms. The summed E-state index contributed by atoms with van der Waals surface area (Å²) in [5, 5.41) is 11.6. The average Bonchev–Trinajstić information content (AvgIpc) is 3.06. The van der Waals surface area contributed by atoms with Gasteiger partial charge in [0, 0.05) is 31.5 Å². The number of piperidine rings is 1. The predicted molar refractivity (Wildman–Crippen MR) is 83.9 cm³/mol. The van der Waals surface area contributed by atoms with E-state index in [2.05, 4.69) is 30.4 Å². The molecular weight excluding hydrogens is 278 g/mol. The number of hydrogen-bond donors (Lipinski definition) is 1. The molecule has 1 atom stereocenters. The van der Waals surface area contributed by atoms with Crippen LogP contribution < -0.4 is 10.2 Å². The number of rotatable bonds is 3. The molecule has 0 radical (unpaired) electrons. The largest absolute Gasteiger partial charge is 0.367 e. The van der Waals surface area contributed by atoms with Crippen LogP contribution in [0, 0.1) is 0 Å². The van der Waals surface area contributed by atoms with E-state index < -0.39 is 0 Å². The van der Waals surface area contributed by atoms with Crippen LogP contribution in [0.3, 0.4) is 0 Å². The van der Waals surface area contributed by atoms with Crippen LogP contribution in [0.2, 0.25) is 0 Å². The lowest BCUT2D eigenvalue weighted by atomic mass is 10.1. The molecular formula is C15H17N7. The first-order chi connectivity index (χ1) is 10.9. The van der Waals surface area contributed by atoms with Gasteiger partial charge in [-0.2, -0.15) is 0 Å². The number of hydrogen-bond acceptors (Lipinski definition) is 6. The Kier molecular flexibility index (Phi) is 3.30. The van der Waals surface area contributed by atoms with Crippen molar-refractivity contribution in [2.75, 3.05) is 23.3 Å². The number of nitrogens with zero attached hydrogens (tertiary/aromatic N) is 6. The summed E-state index contributed by atoms with van der Waals surface area (Å²) in [6, 6.07) is 8.19. The first-order valence-electron chi connectivity index (χ1n) is 7.47. The highest BCUT2D eigenvalue weighted by molar-refractivity contribution is 5.49. The lowest BCUT2D eigenvalue weighted by molar-refractivity contribution is 0.521. The van der Waals surface area contributed by atoms with E-state index in [1.54, 1.807) is 18.7 Å². The van der Waals surface area contributed by atoms with Crippen molar-refractivity contribution < 1.29 is 0 Å². The zero-order chi connectivity index (χ0) is 14.8. The van der Waals surface area contributed by atoms with E-state index in [0.29, 0.717) is 6.04 Å². The molecule has 7 nitrogen and oxygen atoms in total. The fourth-order valence-electron chi connectivity index (χ4n) is 2.91. The molecule has 7 heteroatoms. The Bertz CT molecular complexity index is 755. The van der Waals surface area contributed by atoms with Gasteiger partial charge in [0.15, 0.2) is 5.65 Å². The number of pyridine rings is 1. The molecule has 0 saturated carbocycles. The zero-order valence-corrected chi connectivity index (χ0v) is 12.1. The van der Waals surface area contributed by atoms with E-state index in [4.69, 9.17) is 0 Å². The highest BCUT2D eigenvalue weighted by atomic mass is 15.3. The fourth-order valence-corrected chi connectivity index (χ4v) is 2.91. The van der Waals surface area contributed by atoms with Crippen LogP contribution in [0.1, 0.15) is 12.8 Å². The van der Waals surface area contributed by atoms with Gasteiger partial charge in [0.2, 0.25) is 5.95 Å². The third kappa shape index (κ3) is 2.45. The van der Waals surface area contributed by atoms with Crippen LogP contribution in [-0.2, 0) is 0 Å². The second kappa shape index (κ2) is 5.59. The monoisotopic (exact) mass is 295 g/mol. The Hall–Kier alpha value is -2.70. The minimum Gasteiger partial charge on any atom is -0.367 e. The highest BCUT2D eigenvalue weighted by Crippen LogP contribution is 2.19. The SMILES string of the molecule is c1cnc(N2CCCC(Nc3cccc4nncn34)C2)nc1. The molecule has 0 aromatic carbocycles. The summed E-state index contributed by atoms with van der Waals surface area (Å²) in [7, 11) is 0. The summed E-state index contributed by atoms with van der Waals surface area (Å²) in [6.45, 7) is 1.89. The molecule has 112 valence electrons. The first-order valence-corrected chi connectivity index (χ1v) is 7.47. The molecule has 1 aliphatic heterocycles. The Morgan fingerprint density at radius 2 is 2.05 bits per heavy atom. The summed E-state index contributed by atoms with van der Waals surface area (Å²) in [4.78, 5) is 10.9. The Morgan fingerprint density at radius 1 is 1.14 bits per heavy atom. The van der Waals surface area contributed by atoms with Gasteiger partial charge in [0.1, 0.15) is 12.1 Å². The summed E-state index contributed by atoms with van der Waals surface area (Å²) in [5.74, 6) is 1.82. The predicted octanol–water partition coefficient (Wildman–Crippen LogP) is 1.60. The molecule has 4 rings (SSSR count). The number of aromatic nitrogens is 5. The number of anilines is 2. The quantitative estimate of drug-likeness (QED) is 0.791. The molecule has 4 heterocycles. The molecule has 0 amide bonds. The van der Waals surface area contributed by atoms with Gasteiger partial charge in [-0.1, -0.05) is 6.07 Å². The van der Waals surface area contributed by atoms with E-state index in [1.165, 1.54) is 0 Å². The molecule has 3 aromatic rings. The van der Waals surface area contributed by atoms with Gasteiger partial charge >= 0.3 is 0 Å². The molecule has 1 unspecified atom stereocenters. The van der Waals surface area contributed by atoms with Gasteiger partial charge in [0.05, 0.1) is 0 Å². The molecule has 0 bridgehead atoms. The zero-order valence-electron chi connectivity index (χ0n) is 12.1. The fraction of sp³-hybridized carbons (Fsp3) is 0.333. The van der Waals surface area contributed by atoms with Gasteiger partial charge in [0.25, 0.3) is 0 Å². The second-order valence-corrected chi connectivity index (χ2v) is 5.45. The van der Waals surface area contributed by atoms with Crippen molar-refractivity contribution in [3.05, 3.63) is 43.0 Å². The van der Waals surface area contributed by atoms with Gasteiger partial charge in [-0.3, -0.25) is 4.40 Å². The Labute approximate surface area is 128 Å². The van der Waals surface area contributed by atoms with Crippen LogP contribution in [0.5, 0.6) is 0 Å². The third-order valence-corrected chi connectivity index (χ3v) is 3.94. The smallest absolute Gasteiger partial charge is 0.225 e. The normalized spacial score (nSPS) is 18.5. The topological polar surface area (TPSA) is 71.2 Å². The number of fused-ring (bicyclic) bond motifs is 1. The Morgan fingerprint density at radius 3 is 2.95 bits per heavy atom. The average molecular weight is 295 g/mol. The van der Waals surface area contributed by atoms with Crippen molar-refractivity contribution in [3.8, 4) is 0 Å². The van der Waals surface area contributed by atoms with Crippen molar-refractivity contribution in [1.82, 2.24) is 24.6 Å². The Balaban J connectivity index is 1.52. The van der Waals surface area contributed by atoms with Gasteiger partial charge in [-0.25, -0.2) is 9.97 Å². The van der Waals surface area contributed by atoms with Crippen molar-refractivity contribution in [1.29, 1.82) is 0 Å². The lowest BCUT2D eigenvalue weighted by Gasteiger charge is -2.33. The van der Waals surface area contributed by atoms with Crippen molar-refractivity contribution in [3.63, 3.8) is 0 Å². The summed E-state index contributed by atoms with van der Waals surface area (Å²) >= 11 is 0. The summed E-state index contributed by atoms with van der Waals surface area (Å²) in [6.07, 6.45) is 7.56. The van der Waals surface area contributed by atoms with Crippen LogP contribution in [-0.4, -0.2) is 43.7 Å². The minimum atomic E-state index is 0.352. The van der Waals surface area contributed by atoms with E-state index >= 15 is 0 Å². The highest BCUT2D eigenvalue weighted by Gasteiger charge is 2.22. The molecule has 0 aliphatic carbocycles. The van der Waals surface area contributed by atoms with Gasteiger partial charge < -0.3 is 10.2 Å². The molecule has 1 aliphatic rings. The maximum Gasteiger partial charge on any atom is 0.225 e. The van der Waals surface area contributed by atoms with Crippen LogP contribution >= 0.6 is 0 Å². The van der Waals surface area contributed by atoms with Crippen molar-refractivity contribution >= 4 is 17.4 Å². The maximum absolute atomic E-state index is 4.35. The third-order valence-electron chi connectivity index (χ3n) is 3.94. The van der Waals surface area contributed by atoms with Crippen molar-refractivity contribution in [2.45, 2.75) is 18.9 Å². The van der Waals surface area contributed by atoms with E-state index in [1.807, 2.05) is 28.7 Å². The summed E-state index contributed by atoms with van der Waals surface area (Å²) < 4.78 is 1.97. The second-order valence-electron chi connectivity index (χ2n) is 5.45. The van der Waals surface area contributed by atoms with Crippen LogP contribution in [0.25, 0.3) is 5.65 Å². The van der Waals surface area contributed by atoms with Crippen LogP contribution in [0.15, 0.2) is 43.0 Å². The number of nitrogens with one attached hydrogen (secondary N) is 1. The van der Waals surface area contributed by atoms with Crippen molar-refractivity contribution in [2.24, 2.45) is 0 Å². The molecule has 3 aromatic heterocycles. The maximum atomic E-state index is 4.35.